The van der Waals surface area contributed by atoms with E-state index >= 15 is 0 Å². The summed E-state index contributed by atoms with van der Waals surface area (Å²) in [6.07, 6.45) is 4.82. The van der Waals surface area contributed by atoms with Gasteiger partial charge in [-0.15, -0.1) is 0 Å². The summed E-state index contributed by atoms with van der Waals surface area (Å²) in [5, 5.41) is 4.06. The number of hydrogen-bond donors (Lipinski definition) is 0. The quantitative estimate of drug-likeness (QED) is 0.818. The zero-order valence-electron chi connectivity index (χ0n) is 12.5. The Morgan fingerprint density at radius 3 is 2.57 bits per heavy atom. The van der Waals surface area contributed by atoms with Crippen molar-refractivity contribution in [3.63, 3.8) is 0 Å². The molecule has 0 saturated carbocycles. The SMILES string of the molecule is Cn1cc(-c2ccc(/C=N/S(=O)C(C)(C)C)c(F)c2)cn1. The van der Waals surface area contributed by atoms with Crippen molar-refractivity contribution in [3.8, 4) is 11.1 Å². The minimum Gasteiger partial charge on any atom is -0.275 e. The van der Waals surface area contributed by atoms with E-state index in [0.717, 1.165) is 11.1 Å². The minimum absolute atomic E-state index is 0.320. The average Bonchev–Trinajstić information content (AvgIpc) is 2.82. The number of rotatable bonds is 3. The Morgan fingerprint density at radius 2 is 2.05 bits per heavy atom. The third kappa shape index (κ3) is 3.85. The van der Waals surface area contributed by atoms with Gasteiger partial charge in [0.15, 0.2) is 0 Å². The molecule has 0 spiro atoms. The molecule has 0 saturated heterocycles. The second kappa shape index (κ2) is 5.89. The smallest absolute Gasteiger partial charge is 0.144 e. The lowest BCUT2D eigenvalue weighted by atomic mass is 10.1. The van der Waals surface area contributed by atoms with E-state index in [1.807, 2.05) is 34.0 Å². The largest absolute Gasteiger partial charge is 0.275 e. The van der Waals surface area contributed by atoms with Crippen LogP contribution in [-0.4, -0.2) is 25.0 Å². The van der Waals surface area contributed by atoms with Gasteiger partial charge in [0.1, 0.15) is 16.8 Å². The predicted molar refractivity (Wildman–Crippen MR) is 84.1 cm³/mol. The third-order valence-corrected chi connectivity index (χ3v) is 4.19. The molecule has 0 bridgehead atoms. The van der Waals surface area contributed by atoms with E-state index in [2.05, 4.69) is 9.50 Å². The monoisotopic (exact) mass is 307 g/mol. The lowest BCUT2D eigenvalue weighted by Gasteiger charge is -2.12. The molecule has 0 aliphatic rings. The molecule has 0 aliphatic carbocycles. The van der Waals surface area contributed by atoms with Crippen LogP contribution in [0, 0.1) is 5.82 Å². The third-order valence-electron chi connectivity index (χ3n) is 2.85. The van der Waals surface area contributed by atoms with Crippen molar-refractivity contribution in [1.82, 2.24) is 9.78 Å². The molecule has 112 valence electrons. The molecule has 6 heteroatoms. The van der Waals surface area contributed by atoms with Crippen LogP contribution < -0.4 is 0 Å². The fraction of sp³-hybridized carbons (Fsp3) is 0.333. The Bertz CT molecular complexity index is 701. The summed E-state index contributed by atoms with van der Waals surface area (Å²) in [5.41, 5.74) is 1.91. The van der Waals surface area contributed by atoms with Crippen LogP contribution in [0.1, 0.15) is 26.3 Å². The van der Waals surface area contributed by atoms with E-state index < -0.39 is 21.5 Å². The van der Waals surface area contributed by atoms with Gasteiger partial charge in [0.05, 0.1) is 10.9 Å². The first-order chi connectivity index (χ1) is 9.77. The van der Waals surface area contributed by atoms with E-state index in [1.165, 1.54) is 12.3 Å². The molecule has 1 aromatic carbocycles. The molecule has 0 N–H and O–H groups in total. The molecule has 2 aromatic rings. The van der Waals surface area contributed by atoms with E-state index in [-0.39, 0.29) is 0 Å². The lowest BCUT2D eigenvalue weighted by molar-refractivity contribution is 0.626. The number of aromatic nitrogens is 2. The first-order valence-electron chi connectivity index (χ1n) is 6.52. The van der Waals surface area contributed by atoms with E-state index in [1.54, 1.807) is 23.0 Å². The number of aryl methyl sites for hydroxylation is 1. The fourth-order valence-electron chi connectivity index (χ4n) is 1.64. The van der Waals surface area contributed by atoms with Gasteiger partial charge in [-0.2, -0.15) is 9.50 Å². The topological polar surface area (TPSA) is 47.2 Å². The van der Waals surface area contributed by atoms with Crippen LogP contribution in [0.25, 0.3) is 11.1 Å². The Morgan fingerprint density at radius 1 is 1.33 bits per heavy atom. The van der Waals surface area contributed by atoms with Gasteiger partial charge >= 0.3 is 0 Å². The van der Waals surface area contributed by atoms with Crippen molar-refractivity contribution in [2.75, 3.05) is 0 Å². The van der Waals surface area contributed by atoms with Gasteiger partial charge in [0.25, 0.3) is 0 Å². The minimum atomic E-state index is -1.39. The first-order valence-corrected chi connectivity index (χ1v) is 7.62. The van der Waals surface area contributed by atoms with Gasteiger partial charge in [0, 0.05) is 30.6 Å². The second-order valence-corrected chi connectivity index (χ2v) is 7.67. The van der Waals surface area contributed by atoms with Crippen LogP contribution in [0.5, 0.6) is 0 Å². The van der Waals surface area contributed by atoms with E-state index in [0.29, 0.717) is 5.56 Å². The highest BCUT2D eigenvalue weighted by Gasteiger charge is 2.18. The van der Waals surface area contributed by atoms with Gasteiger partial charge in [-0.05, 0) is 38.5 Å². The number of halogens is 1. The second-order valence-electron chi connectivity index (χ2n) is 5.74. The van der Waals surface area contributed by atoms with Crippen molar-refractivity contribution in [2.24, 2.45) is 11.4 Å². The maximum absolute atomic E-state index is 14.1. The Labute approximate surface area is 126 Å². The Kier molecular flexibility index (Phi) is 4.37. The molecule has 0 aliphatic heterocycles. The predicted octanol–water partition coefficient (Wildman–Crippen LogP) is 3.11. The Hall–Kier alpha value is -1.82. The molecule has 1 heterocycles. The van der Waals surface area contributed by atoms with Crippen LogP contribution in [0.2, 0.25) is 0 Å². The van der Waals surface area contributed by atoms with Crippen molar-refractivity contribution in [1.29, 1.82) is 0 Å². The standard InChI is InChI=1S/C15H18FN3OS/c1-15(2,3)21(20)18-9-12-6-5-11(7-14(12)16)13-8-17-19(4)10-13/h5-10H,1-4H3/b18-9+. The van der Waals surface area contributed by atoms with Gasteiger partial charge in [-0.3, -0.25) is 4.68 Å². The molecule has 0 fully saturated rings. The molecule has 0 amide bonds. The number of nitrogens with zero attached hydrogens (tertiary/aromatic N) is 3. The lowest BCUT2D eigenvalue weighted by Crippen LogP contribution is -2.19. The van der Waals surface area contributed by atoms with Crippen LogP contribution in [-0.2, 0) is 18.0 Å². The molecule has 1 unspecified atom stereocenters. The van der Waals surface area contributed by atoms with Crippen LogP contribution >= 0.6 is 0 Å². The molecule has 1 atom stereocenters. The summed E-state index contributed by atoms with van der Waals surface area (Å²) in [6, 6.07) is 4.85. The summed E-state index contributed by atoms with van der Waals surface area (Å²) in [7, 11) is 0.414. The molecule has 4 nitrogen and oxygen atoms in total. The molecular weight excluding hydrogens is 289 g/mol. The van der Waals surface area contributed by atoms with Gasteiger partial charge in [0.2, 0.25) is 0 Å². The van der Waals surface area contributed by atoms with E-state index in [4.69, 9.17) is 0 Å². The fourth-order valence-corrected chi connectivity index (χ4v) is 2.17. The average molecular weight is 307 g/mol. The summed E-state index contributed by atoms with van der Waals surface area (Å²) < 4.78 is 31.0. The highest BCUT2D eigenvalue weighted by atomic mass is 32.2. The molecule has 21 heavy (non-hydrogen) atoms. The maximum Gasteiger partial charge on any atom is 0.144 e. The summed E-state index contributed by atoms with van der Waals surface area (Å²) in [4.78, 5) is 0. The Balaban J connectivity index is 2.24. The van der Waals surface area contributed by atoms with E-state index in [9.17, 15) is 8.60 Å². The van der Waals surface area contributed by atoms with Crippen molar-refractivity contribution < 1.29 is 8.60 Å². The zero-order chi connectivity index (χ0) is 15.6. The number of hydrogen-bond acceptors (Lipinski definition) is 2. The first kappa shape index (κ1) is 15.6. The zero-order valence-corrected chi connectivity index (χ0v) is 13.3. The van der Waals surface area contributed by atoms with Crippen molar-refractivity contribution >= 4 is 17.2 Å². The molecular formula is C15H18FN3OS. The summed E-state index contributed by atoms with van der Waals surface area (Å²) in [5.74, 6) is -0.397. The normalized spacial score (nSPS) is 13.8. The highest BCUT2D eigenvalue weighted by Crippen LogP contribution is 2.21. The van der Waals surface area contributed by atoms with Gasteiger partial charge in [-0.1, -0.05) is 6.07 Å². The van der Waals surface area contributed by atoms with Crippen molar-refractivity contribution in [2.45, 2.75) is 25.5 Å². The van der Waals surface area contributed by atoms with Crippen LogP contribution in [0.3, 0.4) is 0 Å². The molecule has 2 rings (SSSR count). The molecule has 1 aromatic heterocycles. The van der Waals surface area contributed by atoms with Gasteiger partial charge < -0.3 is 0 Å². The molecule has 0 radical (unpaired) electrons. The summed E-state index contributed by atoms with van der Waals surface area (Å²) >= 11 is 0. The van der Waals surface area contributed by atoms with Gasteiger partial charge in [-0.25, -0.2) is 8.60 Å². The van der Waals surface area contributed by atoms with Crippen LogP contribution in [0.4, 0.5) is 4.39 Å². The summed E-state index contributed by atoms with van der Waals surface area (Å²) in [6.45, 7) is 5.47. The maximum atomic E-state index is 14.1. The number of benzene rings is 1. The highest BCUT2D eigenvalue weighted by molar-refractivity contribution is 7.85. The van der Waals surface area contributed by atoms with Crippen molar-refractivity contribution in [3.05, 3.63) is 42.0 Å². The van der Waals surface area contributed by atoms with Crippen LogP contribution in [0.15, 0.2) is 35.0 Å².